The lowest BCUT2D eigenvalue weighted by atomic mass is 10.1. The number of aromatic nitrogens is 2. The van der Waals surface area contributed by atoms with Crippen LogP contribution < -0.4 is 14.8 Å². The Morgan fingerprint density at radius 1 is 1.03 bits per heavy atom. The standard InChI is InChI=1S/C27H28N4O3/c1-28-16-18-7-9-19(10-8-18)26-22-13-14-30(17-20-11-12-21(33-2)15-24(20)34-3)27(32)23-5-4-6-25(29-26)31(22)23/h4-12,15,28H,13-14,16-17H2,1-3H3. The Morgan fingerprint density at radius 2 is 1.85 bits per heavy atom. The van der Waals surface area contributed by atoms with Crippen molar-refractivity contribution in [3.63, 3.8) is 0 Å². The summed E-state index contributed by atoms with van der Waals surface area (Å²) in [5.41, 5.74) is 6.62. The third-order valence-electron chi connectivity index (χ3n) is 6.33. The van der Waals surface area contributed by atoms with Crippen molar-refractivity contribution < 1.29 is 14.3 Å². The number of hydrogen-bond donors (Lipinski definition) is 1. The molecule has 3 heterocycles. The molecule has 2 aromatic carbocycles. The van der Waals surface area contributed by atoms with Gasteiger partial charge in [0.2, 0.25) is 0 Å². The van der Waals surface area contributed by atoms with Gasteiger partial charge in [0.05, 0.1) is 25.6 Å². The Labute approximate surface area is 198 Å². The van der Waals surface area contributed by atoms with E-state index in [9.17, 15) is 4.79 Å². The Balaban J connectivity index is 1.51. The van der Waals surface area contributed by atoms with Gasteiger partial charge in [-0.25, -0.2) is 4.98 Å². The van der Waals surface area contributed by atoms with Crippen LogP contribution in [0.4, 0.5) is 0 Å². The van der Waals surface area contributed by atoms with E-state index < -0.39 is 0 Å². The van der Waals surface area contributed by atoms with Gasteiger partial charge in [0, 0.05) is 43.2 Å². The van der Waals surface area contributed by atoms with Gasteiger partial charge in [-0.2, -0.15) is 0 Å². The van der Waals surface area contributed by atoms with Gasteiger partial charge in [-0.15, -0.1) is 0 Å². The first-order chi connectivity index (χ1) is 16.6. The molecular weight excluding hydrogens is 428 g/mol. The number of pyridine rings is 1. The summed E-state index contributed by atoms with van der Waals surface area (Å²) < 4.78 is 12.9. The van der Waals surface area contributed by atoms with Crippen LogP contribution in [0, 0.1) is 0 Å². The molecule has 1 aliphatic rings. The van der Waals surface area contributed by atoms with Crippen LogP contribution in [0.1, 0.15) is 27.3 Å². The molecule has 0 fully saturated rings. The average molecular weight is 457 g/mol. The van der Waals surface area contributed by atoms with Crippen molar-refractivity contribution in [1.82, 2.24) is 19.6 Å². The number of nitrogens with zero attached hydrogens (tertiary/aromatic N) is 3. The summed E-state index contributed by atoms with van der Waals surface area (Å²) in [4.78, 5) is 20.4. The summed E-state index contributed by atoms with van der Waals surface area (Å²) in [6, 6.07) is 19.9. The normalized spacial score (nSPS) is 13.3. The van der Waals surface area contributed by atoms with Crippen LogP contribution in [-0.4, -0.2) is 48.0 Å². The maximum atomic E-state index is 13.6. The van der Waals surface area contributed by atoms with Gasteiger partial charge < -0.3 is 19.7 Å². The molecule has 0 aliphatic carbocycles. The molecule has 1 amide bonds. The fourth-order valence-electron chi connectivity index (χ4n) is 4.61. The number of amides is 1. The smallest absolute Gasteiger partial charge is 0.271 e. The lowest BCUT2D eigenvalue weighted by molar-refractivity contribution is 0.0744. The highest BCUT2D eigenvalue weighted by Crippen LogP contribution is 2.31. The second kappa shape index (κ2) is 9.19. The predicted octanol–water partition coefficient (Wildman–Crippen LogP) is 3.94. The molecule has 1 aliphatic heterocycles. The lowest BCUT2D eigenvalue weighted by Gasteiger charge is -2.22. The first-order valence-corrected chi connectivity index (χ1v) is 11.4. The number of rotatable bonds is 7. The minimum atomic E-state index is -0.0180. The first-order valence-electron chi connectivity index (χ1n) is 11.4. The minimum absolute atomic E-state index is 0.0180. The molecule has 0 spiro atoms. The maximum Gasteiger partial charge on any atom is 0.271 e. The topological polar surface area (TPSA) is 68.1 Å². The number of hydrogen-bond acceptors (Lipinski definition) is 5. The largest absolute Gasteiger partial charge is 0.497 e. The van der Waals surface area contributed by atoms with E-state index in [0.717, 1.165) is 40.5 Å². The van der Waals surface area contributed by atoms with E-state index in [1.807, 2.05) is 52.7 Å². The molecule has 0 unspecified atom stereocenters. The van der Waals surface area contributed by atoms with E-state index in [-0.39, 0.29) is 5.91 Å². The van der Waals surface area contributed by atoms with Crippen molar-refractivity contribution in [1.29, 1.82) is 0 Å². The van der Waals surface area contributed by atoms with Gasteiger partial charge in [0.1, 0.15) is 22.8 Å². The average Bonchev–Trinajstić information content (AvgIpc) is 3.18. The van der Waals surface area contributed by atoms with Gasteiger partial charge >= 0.3 is 0 Å². The molecule has 4 aromatic rings. The summed E-state index contributed by atoms with van der Waals surface area (Å²) >= 11 is 0. The third-order valence-corrected chi connectivity index (χ3v) is 6.33. The molecular formula is C27H28N4O3. The zero-order valence-corrected chi connectivity index (χ0v) is 19.7. The Bertz CT molecular complexity index is 1340. The lowest BCUT2D eigenvalue weighted by Crippen LogP contribution is -2.31. The highest BCUT2D eigenvalue weighted by Gasteiger charge is 2.27. The maximum absolute atomic E-state index is 13.6. The van der Waals surface area contributed by atoms with Gasteiger partial charge in [-0.3, -0.25) is 9.20 Å². The molecule has 7 heteroatoms. The predicted molar refractivity (Wildman–Crippen MR) is 131 cm³/mol. The number of ether oxygens (including phenoxy) is 2. The number of carbonyl (C=O) groups is 1. The molecule has 2 aromatic heterocycles. The van der Waals surface area contributed by atoms with Crippen LogP contribution in [0.3, 0.4) is 0 Å². The third kappa shape index (κ3) is 3.88. The van der Waals surface area contributed by atoms with Crippen LogP contribution in [0.25, 0.3) is 16.9 Å². The van der Waals surface area contributed by atoms with E-state index in [2.05, 4.69) is 29.6 Å². The van der Waals surface area contributed by atoms with E-state index in [0.29, 0.717) is 31.0 Å². The van der Waals surface area contributed by atoms with E-state index in [1.165, 1.54) is 5.56 Å². The van der Waals surface area contributed by atoms with E-state index >= 15 is 0 Å². The summed E-state index contributed by atoms with van der Waals surface area (Å²) in [5.74, 6) is 1.41. The highest BCUT2D eigenvalue weighted by molar-refractivity contribution is 5.94. The fourth-order valence-corrected chi connectivity index (χ4v) is 4.61. The van der Waals surface area contributed by atoms with Crippen LogP contribution in [0.2, 0.25) is 0 Å². The molecule has 0 atom stereocenters. The van der Waals surface area contributed by atoms with Gasteiger partial charge in [-0.05, 0) is 36.9 Å². The second-order valence-corrected chi connectivity index (χ2v) is 8.39. The Morgan fingerprint density at radius 3 is 2.59 bits per heavy atom. The molecule has 174 valence electrons. The number of benzene rings is 2. The van der Waals surface area contributed by atoms with Crippen molar-refractivity contribution in [3.8, 4) is 22.8 Å². The van der Waals surface area contributed by atoms with Crippen molar-refractivity contribution in [2.24, 2.45) is 0 Å². The molecule has 0 bridgehead atoms. The number of nitrogens with one attached hydrogen (secondary N) is 1. The number of imidazole rings is 1. The van der Waals surface area contributed by atoms with Gasteiger partial charge in [-0.1, -0.05) is 30.3 Å². The molecule has 5 rings (SSSR count). The molecule has 34 heavy (non-hydrogen) atoms. The molecule has 0 radical (unpaired) electrons. The Kier molecular flexibility index (Phi) is 5.94. The quantitative estimate of drug-likeness (QED) is 0.456. The second-order valence-electron chi connectivity index (χ2n) is 8.39. The monoisotopic (exact) mass is 456 g/mol. The van der Waals surface area contributed by atoms with Crippen LogP contribution in [-0.2, 0) is 19.5 Å². The molecule has 0 saturated carbocycles. The number of carbonyl (C=O) groups excluding carboxylic acids is 1. The van der Waals surface area contributed by atoms with Crippen molar-refractivity contribution in [2.75, 3.05) is 27.8 Å². The zero-order valence-electron chi connectivity index (χ0n) is 19.7. The van der Waals surface area contributed by atoms with Crippen molar-refractivity contribution in [2.45, 2.75) is 19.5 Å². The fraction of sp³-hybridized carbons (Fsp3) is 0.259. The summed E-state index contributed by atoms with van der Waals surface area (Å²) in [5, 5.41) is 3.18. The highest BCUT2D eigenvalue weighted by atomic mass is 16.5. The minimum Gasteiger partial charge on any atom is -0.497 e. The first kappa shape index (κ1) is 22.0. The summed E-state index contributed by atoms with van der Waals surface area (Å²) in [6.07, 6.45) is 0.704. The SMILES string of the molecule is CNCc1ccc(-c2nc3cccc4n3c2CCN(Cc2ccc(OC)cc2OC)C4=O)cc1. The van der Waals surface area contributed by atoms with Crippen LogP contribution in [0.5, 0.6) is 11.5 Å². The zero-order chi connectivity index (χ0) is 23.7. The van der Waals surface area contributed by atoms with Crippen LogP contribution in [0.15, 0.2) is 60.7 Å². The van der Waals surface area contributed by atoms with Crippen molar-refractivity contribution in [3.05, 3.63) is 83.2 Å². The van der Waals surface area contributed by atoms with Crippen LogP contribution >= 0.6 is 0 Å². The molecule has 0 saturated heterocycles. The van der Waals surface area contributed by atoms with Crippen molar-refractivity contribution >= 4 is 11.6 Å². The summed E-state index contributed by atoms with van der Waals surface area (Å²) in [6.45, 7) is 1.86. The molecule has 7 nitrogen and oxygen atoms in total. The van der Waals surface area contributed by atoms with E-state index in [1.54, 1.807) is 14.2 Å². The summed E-state index contributed by atoms with van der Waals surface area (Å²) in [7, 11) is 5.20. The van der Waals surface area contributed by atoms with E-state index in [4.69, 9.17) is 14.5 Å². The molecule has 1 N–H and O–H groups in total. The van der Waals surface area contributed by atoms with Gasteiger partial charge in [0.25, 0.3) is 5.91 Å². The number of methoxy groups -OCH3 is 2. The van der Waals surface area contributed by atoms with Gasteiger partial charge in [0.15, 0.2) is 0 Å². The Hall–Kier alpha value is -3.84.